The minimum absolute atomic E-state index is 0.0266. The number of furan rings is 1. The van der Waals surface area contributed by atoms with E-state index in [0.717, 1.165) is 11.4 Å². The molecular weight excluding hydrogens is 389 g/mol. The number of Topliss-reactive ketones (excluding diaryl/α,β-unsaturated/α-hetero) is 1. The van der Waals surface area contributed by atoms with Crippen molar-refractivity contribution in [3.05, 3.63) is 71.0 Å². The van der Waals surface area contributed by atoms with Crippen LogP contribution in [0, 0.1) is 19.7 Å². The van der Waals surface area contributed by atoms with E-state index in [9.17, 15) is 14.0 Å². The number of carbonyl (C=O) groups is 2. The first kappa shape index (κ1) is 21.5. The van der Waals surface area contributed by atoms with Gasteiger partial charge in [-0.3, -0.25) is 4.79 Å². The van der Waals surface area contributed by atoms with Crippen LogP contribution in [0.4, 0.5) is 4.39 Å². The minimum atomic E-state index is -0.738. The van der Waals surface area contributed by atoms with Gasteiger partial charge in [0.05, 0.1) is 12.6 Å². The molecule has 0 saturated carbocycles. The number of nitrogens with zero attached hydrogens (tertiary/aromatic N) is 1. The fourth-order valence-corrected chi connectivity index (χ4v) is 3.55. The van der Waals surface area contributed by atoms with Crippen LogP contribution in [0.1, 0.15) is 45.3 Å². The monoisotopic (exact) mass is 413 g/mol. The number of ketones is 1. The van der Waals surface area contributed by atoms with Gasteiger partial charge in [-0.2, -0.15) is 0 Å². The molecule has 7 heteroatoms. The van der Waals surface area contributed by atoms with E-state index in [0.29, 0.717) is 23.5 Å². The summed E-state index contributed by atoms with van der Waals surface area (Å²) >= 11 is 0. The molecule has 0 radical (unpaired) electrons. The highest BCUT2D eigenvalue weighted by molar-refractivity contribution is 6.00. The second kappa shape index (κ2) is 9.09. The van der Waals surface area contributed by atoms with Crippen LogP contribution >= 0.6 is 0 Å². The molecular formula is C23H24FNO5. The molecule has 0 amide bonds. The number of benzene rings is 1. The fraction of sp³-hybridized carbons (Fsp3) is 0.304. The van der Waals surface area contributed by atoms with Crippen LogP contribution in [0.2, 0.25) is 0 Å². The second-order valence-corrected chi connectivity index (χ2v) is 7.13. The van der Waals surface area contributed by atoms with E-state index in [2.05, 4.69) is 0 Å². The highest BCUT2D eigenvalue weighted by Crippen LogP contribution is 2.24. The van der Waals surface area contributed by atoms with Crippen LogP contribution in [0.3, 0.4) is 0 Å². The zero-order chi connectivity index (χ0) is 21.8. The minimum Gasteiger partial charge on any atom is -0.451 e. The lowest BCUT2D eigenvalue weighted by molar-refractivity contribution is 0.0444. The number of halogens is 1. The van der Waals surface area contributed by atoms with Crippen LogP contribution < -0.4 is 0 Å². The molecule has 1 atom stereocenters. The summed E-state index contributed by atoms with van der Waals surface area (Å²) in [6.45, 7) is 5.91. The molecule has 6 nitrogen and oxygen atoms in total. The van der Waals surface area contributed by atoms with Gasteiger partial charge in [0, 0.05) is 29.6 Å². The van der Waals surface area contributed by atoms with Crippen LogP contribution in [0.25, 0.3) is 11.3 Å². The SMILES string of the molecule is COCC(C)n1c(C)cc(C(=O)COC(=O)c2ccc(-c3ccc(F)cc3)o2)c1C. The largest absolute Gasteiger partial charge is 0.451 e. The molecule has 0 bridgehead atoms. The van der Waals surface area contributed by atoms with E-state index < -0.39 is 12.6 Å². The Bertz CT molecular complexity index is 1050. The van der Waals surface area contributed by atoms with Gasteiger partial charge in [0.2, 0.25) is 11.5 Å². The predicted molar refractivity (Wildman–Crippen MR) is 109 cm³/mol. The van der Waals surface area contributed by atoms with Crippen LogP contribution in [-0.4, -0.2) is 36.6 Å². The summed E-state index contributed by atoms with van der Waals surface area (Å²) in [4.78, 5) is 24.9. The Kier molecular flexibility index (Phi) is 6.52. The fourth-order valence-electron chi connectivity index (χ4n) is 3.55. The molecule has 2 heterocycles. The number of aryl methyl sites for hydroxylation is 1. The zero-order valence-electron chi connectivity index (χ0n) is 17.4. The zero-order valence-corrected chi connectivity index (χ0v) is 17.4. The van der Waals surface area contributed by atoms with Gasteiger partial charge in [0.1, 0.15) is 11.6 Å². The number of ether oxygens (including phenoxy) is 2. The third-order valence-electron chi connectivity index (χ3n) is 4.90. The maximum atomic E-state index is 13.0. The molecule has 2 aromatic heterocycles. The normalized spacial score (nSPS) is 12.0. The summed E-state index contributed by atoms with van der Waals surface area (Å²) in [5.74, 6) is -1.01. The molecule has 3 rings (SSSR count). The molecule has 0 N–H and O–H groups in total. The highest BCUT2D eigenvalue weighted by Gasteiger charge is 2.21. The van der Waals surface area contributed by atoms with Crippen molar-refractivity contribution in [2.75, 3.05) is 20.3 Å². The Labute approximate surface area is 174 Å². The van der Waals surface area contributed by atoms with Crippen molar-refractivity contribution in [1.82, 2.24) is 4.57 Å². The Balaban J connectivity index is 1.66. The van der Waals surface area contributed by atoms with Gasteiger partial charge in [-0.25, -0.2) is 9.18 Å². The Hall–Kier alpha value is -3.19. The summed E-state index contributed by atoms with van der Waals surface area (Å²) in [7, 11) is 1.63. The number of methoxy groups -OCH3 is 1. The van der Waals surface area contributed by atoms with Gasteiger partial charge in [-0.1, -0.05) is 0 Å². The average molecular weight is 413 g/mol. The van der Waals surface area contributed by atoms with Gasteiger partial charge in [0.25, 0.3) is 0 Å². The molecule has 0 fully saturated rings. The van der Waals surface area contributed by atoms with Crippen LogP contribution in [0.5, 0.6) is 0 Å². The van der Waals surface area contributed by atoms with E-state index in [1.807, 2.05) is 25.3 Å². The molecule has 158 valence electrons. The Morgan fingerprint density at radius 3 is 2.50 bits per heavy atom. The first-order chi connectivity index (χ1) is 14.3. The number of esters is 1. The number of hydrogen-bond donors (Lipinski definition) is 0. The average Bonchev–Trinajstić information content (AvgIpc) is 3.31. The molecule has 0 saturated heterocycles. The smallest absolute Gasteiger partial charge is 0.374 e. The van der Waals surface area contributed by atoms with Crippen LogP contribution in [-0.2, 0) is 9.47 Å². The number of rotatable bonds is 8. The summed E-state index contributed by atoms with van der Waals surface area (Å²) in [6, 6.07) is 10.6. The highest BCUT2D eigenvalue weighted by atomic mass is 19.1. The topological polar surface area (TPSA) is 70.7 Å². The molecule has 1 aromatic carbocycles. The van der Waals surface area contributed by atoms with Crippen LogP contribution in [0.15, 0.2) is 46.9 Å². The van der Waals surface area contributed by atoms with Gasteiger partial charge in [-0.05, 0) is 63.2 Å². The van der Waals surface area contributed by atoms with Crippen molar-refractivity contribution < 1.29 is 27.9 Å². The van der Waals surface area contributed by atoms with E-state index in [-0.39, 0.29) is 23.4 Å². The lowest BCUT2D eigenvalue weighted by atomic mass is 10.1. The van der Waals surface area contributed by atoms with Crippen molar-refractivity contribution in [2.45, 2.75) is 26.8 Å². The quantitative estimate of drug-likeness (QED) is 0.394. The third kappa shape index (κ3) is 4.52. The van der Waals surface area contributed by atoms with E-state index in [4.69, 9.17) is 13.9 Å². The lowest BCUT2D eigenvalue weighted by Crippen LogP contribution is -2.16. The summed E-state index contributed by atoms with van der Waals surface area (Å²) < 4.78 is 30.9. The molecule has 0 spiro atoms. The van der Waals surface area contributed by atoms with E-state index >= 15 is 0 Å². The van der Waals surface area contributed by atoms with Crippen molar-refractivity contribution in [3.63, 3.8) is 0 Å². The predicted octanol–water partition coefficient (Wildman–Crippen LogP) is 4.75. The van der Waals surface area contributed by atoms with Gasteiger partial charge >= 0.3 is 5.97 Å². The van der Waals surface area contributed by atoms with Gasteiger partial charge in [0.15, 0.2) is 6.61 Å². The summed E-state index contributed by atoms with van der Waals surface area (Å²) in [6.07, 6.45) is 0. The standard InChI is InChI=1S/C23H24FNO5/c1-14-11-19(16(3)25(14)15(2)12-28-4)20(26)13-29-23(27)22-10-9-21(30-22)17-5-7-18(24)8-6-17/h5-11,15H,12-13H2,1-4H3. The Morgan fingerprint density at radius 2 is 1.83 bits per heavy atom. The molecule has 1 unspecified atom stereocenters. The van der Waals surface area contributed by atoms with Crippen molar-refractivity contribution in [1.29, 1.82) is 0 Å². The lowest BCUT2D eigenvalue weighted by Gasteiger charge is -2.17. The van der Waals surface area contributed by atoms with E-state index in [1.54, 1.807) is 31.4 Å². The number of hydrogen-bond acceptors (Lipinski definition) is 5. The molecule has 0 aliphatic heterocycles. The maximum absolute atomic E-state index is 13.0. The van der Waals surface area contributed by atoms with Crippen molar-refractivity contribution >= 4 is 11.8 Å². The summed E-state index contributed by atoms with van der Waals surface area (Å²) in [5, 5.41) is 0. The first-order valence-electron chi connectivity index (χ1n) is 9.55. The van der Waals surface area contributed by atoms with E-state index in [1.165, 1.54) is 18.2 Å². The molecule has 0 aliphatic carbocycles. The second-order valence-electron chi connectivity index (χ2n) is 7.13. The first-order valence-corrected chi connectivity index (χ1v) is 9.55. The number of carbonyl (C=O) groups excluding carboxylic acids is 2. The molecule has 0 aliphatic rings. The Morgan fingerprint density at radius 1 is 1.13 bits per heavy atom. The molecule has 3 aromatic rings. The maximum Gasteiger partial charge on any atom is 0.374 e. The molecule has 30 heavy (non-hydrogen) atoms. The van der Waals surface area contributed by atoms with Gasteiger partial charge in [-0.15, -0.1) is 0 Å². The number of aromatic nitrogens is 1. The third-order valence-corrected chi connectivity index (χ3v) is 4.90. The van der Waals surface area contributed by atoms with Crippen molar-refractivity contribution in [3.8, 4) is 11.3 Å². The van der Waals surface area contributed by atoms with Crippen molar-refractivity contribution in [2.24, 2.45) is 0 Å². The summed E-state index contributed by atoms with van der Waals surface area (Å²) in [5.41, 5.74) is 2.87. The van der Waals surface area contributed by atoms with Gasteiger partial charge < -0.3 is 18.5 Å².